The molecule has 11 heteroatoms. The highest BCUT2D eigenvalue weighted by atomic mass is 16.6. The van der Waals surface area contributed by atoms with Crippen LogP contribution in [0.15, 0.2) is 61.2 Å². The highest BCUT2D eigenvalue weighted by Gasteiger charge is 2.39. The van der Waals surface area contributed by atoms with Gasteiger partial charge in [-0.1, -0.05) is 6.58 Å². The van der Waals surface area contributed by atoms with E-state index in [0.29, 0.717) is 5.75 Å². The molecule has 0 N–H and O–H groups in total. The first-order valence-electron chi connectivity index (χ1n) is 11.2. The van der Waals surface area contributed by atoms with Crippen LogP contribution < -0.4 is 9.47 Å². The summed E-state index contributed by atoms with van der Waals surface area (Å²) in [6.07, 6.45) is -0.260. The quantitative estimate of drug-likeness (QED) is 0.137. The van der Waals surface area contributed by atoms with Crippen LogP contribution in [0, 0.1) is 0 Å². The molecule has 3 rings (SSSR count). The summed E-state index contributed by atoms with van der Waals surface area (Å²) < 4.78 is 26.0. The van der Waals surface area contributed by atoms with E-state index in [9.17, 15) is 24.0 Å². The number of esters is 3. The lowest BCUT2D eigenvalue weighted by Gasteiger charge is -2.11. The molecule has 1 atom stereocenters. The van der Waals surface area contributed by atoms with E-state index < -0.39 is 35.8 Å². The molecule has 194 valence electrons. The molecular weight excluding hydrogens is 486 g/mol. The smallest absolute Gasteiger partial charge is 0.343 e. The highest BCUT2D eigenvalue weighted by molar-refractivity contribution is 6.06. The lowest BCUT2D eigenvalue weighted by atomic mass is 10.2. The Morgan fingerprint density at radius 1 is 0.892 bits per heavy atom. The molecule has 1 aliphatic heterocycles. The topological polar surface area (TPSA) is 135 Å². The summed E-state index contributed by atoms with van der Waals surface area (Å²) in [6, 6.07) is 11.9. The number of ether oxygens (including phenoxy) is 5. The van der Waals surface area contributed by atoms with Gasteiger partial charge in [-0.2, -0.15) is 0 Å². The number of benzene rings is 2. The van der Waals surface area contributed by atoms with Gasteiger partial charge in [-0.05, 0) is 48.5 Å². The van der Waals surface area contributed by atoms with E-state index >= 15 is 0 Å². The molecule has 0 bridgehead atoms. The van der Waals surface area contributed by atoms with Crippen molar-refractivity contribution in [2.24, 2.45) is 0 Å². The van der Waals surface area contributed by atoms with Crippen LogP contribution in [-0.2, 0) is 28.6 Å². The Morgan fingerprint density at radius 3 is 2.08 bits per heavy atom. The molecular formula is C26H25NO10. The number of rotatable bonds is 12. The predicted octanol–water partition coefficient (Wildman–Crippen LogP) is 1.94. The number of nitrogens with zero attached hydrogens (tertiary/aromatic N) is 1. The van der Waals surface area contributed by atoms with Crippen LogP contribution >= 0.6 is 0 Å². The molecule has 0 aromatic heterocycles. The van der Waals surface area contributed by atoms with E-state index in [2.05, 4.69) is 6.58 Å². The monoisotopic (exact) mass is 511 g/mol. The molecule has 1 heterocycles. The maximum Gasteiger partial charge on any atom is 0.343 e. The molecule has 1 unspecified atom stereocenters. The second-order valence-corrected chi connectivity index (χ2v) is 7.66. The number of amides is 2. The van der Waals surface area contributed by atoms with Crippen LogP contribution in [0.2, 0.25) is 0 Å². The van der Waals surface area contributed by atoms with E-state index in [1.54, 1.807) is 12.1 Å². The van der Waals surface area contributed by atoms with Gasteiger partial charge in [0.1, 0.15) is 24.7 Å². The number of hydrogen-bond donors (Lipinski definition) is 0. The fraction of sp³-hybridized carbons (Fsp3) is 0.269. The zero-order chi connectivity index (χ0) is 26.8. The number of carbonyl (C=O) groups is 5. The Morgan fingerprint density at radius 2 is 1.49 bits per heavy atom. The zero-order valence-electron chi connectivity index (χ0n) is 20.0. The van der Waals surface area contributed by atoms with Crippen molar-refractivity contribution in [3.63, 3.8) is 0 Å². The van der Waals surface area contributed by atoms with Gasteiger partial charge in [-0.3, -0.25) is 14.5 Å². The summed E-state index contributed by atoms with van der Waals surface area (Å²) in [5.41, 5.74) is 0.419. The van der Waals surface area contributed by atoms with Crippen LogP contribution in [0.25, 0.3) is 0 Å². The van der Waals surface area contributed by atoms with E-state index in [1.165, 1.54) is 43.4 Å². The third kappa shape index (κ3) is 7.74. The second kappa shape index (κ2) is 13.0. The fourth-order valence-corrected chi connectivity index (χ4v) is 3.10. The maximum absolute atomic E-state index is 12.4. The third-order valence-corrected chi connectivity index (χ3v) is 5.12. The molecule has 11 nitrogen and oxygen atoms in total. The minimum Gasteiger partial charge on any atom is -0.491 e. The number of imide groups is 1. The summed E-state index contributed by atoms with van der Waals surface area (Å²) in [6.45, 7) is 4.19. The molecule has 2 aromatic carbocycles. The summed E-state index contributed by atoms with van der Waals surface area (Å²) in [5, 5.41) is 0. The Kier molecular flexibility index (Phi) is 9.50. The summed E-state index contributed by atoms with van der Waals surface area (Å²) >= 11 is 0. The van der Waals surface area contributed by atoms with Crippen molar-refractivity contribution in [1.82, 2.24) is 4.90 Å². The van der Waals surface area contributed by atoms with Crippen molar-refractivity contribution in [3.05, 3.63) is 72.3 Å². The predicted molar refractivity (Wildman–Crippen MR) is 127 cm³/mol. The largest absolute Gasteiger partial charge is 0.491 e. The van der Waals surface area contributed by atoms with Crippen molar-refractivity contribution in [2.75, 3.05) is 33.5 Å². The van der Waals surface area contributed by atoms with E-state index in [-0.39, 0.29) is 49.7 Å². The molecule has 1 saturated heterocycles. The average molecular weight is 511 g/mol. The van der Waals surface area contributed by atoms with Gasteiger partial charge in [-0.15, -0.1) is 0 Å². The van der Waals surface area contributed by atoms with Gasteiger partial charge in [0.2, 0.25) is 5.91 Å². The van der Waals surface area contributed by atoms with Gasteiger partial charge < -0.3 is 23.7 Å². The second-order valence-electron chi connectivity index (χ2n) is 7.66. The van der Waals surface area contributed by atoms with Gasteiger partial charge in [0, 0.05) is 13.1 Å². The SMILES string of the molecule is C=CC(=O)OCCOCCOc1ccc(C(=O)Oc2ccc(C(=O)OC3CC(=O)N(C)C3=O)cc2)cc1. The molecule has 1 fully saturated rings. The number of likely N-dealkylation sites (N-methyl/N-ethyl adjacent to an activating group) is 1. The lowest BCUT2D eigenvalue weighted by molar-refractivity contribution is -0.140. The Bertz CT molecular complexity index is 1160. The van der Waals surface area contributed by atoms with Crippen molar-refractivity contribution < 1.29 is 47.7 Å². The van der Waals surface area contributed by atoms with Crippen LogP contribution in [0.1, 0.15) is 27.1 Å². The number of carbonyl (C=O) groups excluding carboxylic acids is 5. The minimum atomic E-state index is -1.14. The van der Waals surface area contributed by atoms with Crippen molar-refractivity contribution in [3.8, 4) is 11.5 Å². The summed E-state index contributed by atoms with van der Waals surface area (Å²) in [7, 11) is 1.33. The Balaban J connectivity index is 1.41. The summed E-state index contributed by atoms with van der Waals surface area (Å²) in [4.78, 5) is 59.9. The maximum atomic E-state index is 12.4. The lowest BCUT2D eigenvalue weighted by Crippen LogP contribution is -2.30. The average Bonchev–Trinajstić information content (AvgIpc) is 3.14. The molecule has 0 saturated carbocycles. The molecule has 2 amide bonds. The van der Waals surface area contributed by atoms with Gasteiger partial charge >= 0.3 is 17.9 Å². The van der Waals surface area contributed by atoms with Crippen molar-refractivity contribution in [1.29, 1.82) is 0 Å². The highest BCUT2D eigenvalue weighted by Crippen LogP contribution is 2.19. The van der Waals surface area contributed by atoms with Crippen molar-refractivity contribution >= 4 is 29.7 Å². The van der Waals surface area contributed by atoms with Crippen LogP contribution in [0.4, 0.5) is 0 Å². The first kappa shape index (κ1) is 27.1. The number of hydrogen-bond acceptors (Lipinski definition) is 10. The van der Waals surface area contributed by atoms with Crippen LogP contribution in [0.3, 0.4) is 0 Å². The molecule has 1 aliphatic rings. The standard InChI is InChI=1S/C26H25NO10/c1-3-23(29)35-15-13-33-12-14-34-19-8-4-17(5-9-19)25(31)36-20-10-6-18(7-11-20)26(32)37-21-16-22(28)27(2)24(21)30/h3-11,21H,1,12-16H2,2H3. The van der Waals surface area contributed by atoms with Gasteiger partial charge in [-0.25, -0.2) is 14.4 Å². The van der Waals surface area contributed by atoms with Gasteiger partial charge in [0.25, 0.3) is 5.91 Å². The van der Waals surface area contributed by atoms with E-state index in [1.807, 2.05) is 0 Å². The molecule has 0 radical (unpaired) electrons. The van der Waals surface area contributed by atoms with Gasteiger partial charge in [0.15, 0.2) is 6.10 Å². The Labute approximate surface area is 212 Å². The van der Waals surface area contributed by atoms with Crippen LogP contribution in [0.5, 0.6) is 11.5 Å². The fourth-order valence-electron chi connectivity index (χ4n) is 3.10. The minimum absolute atomic E-state index is 0.121. The molecule has 0 aliphatic carbocycles. The first-order chi connectivity index (χ1) is 17.8. The van der Waals surface area contributed by atoms with E-state index in [0.717, 1.165) is 11.0 Å². The molecule has 37 heavy (non-hydrogen) atoms. The molecule has 2 aromatic rings. The van der Waals surface area contributed by atoms with Crippen LogP contribution in [-0.4, -0.2) is 74.2 Å². The number of likely N-dealkylation sites (tertiary alicyclic amines) is 1. The third-order valence-electron chi connectivity index (χ3n) is 5.12. The zero-order valence-corrected chi connectivity index (χ0v) is 20.0. The normalized spacial score (nSPS) is 14.7. The van der Waals surface area contributed by atoms with Gasteiger partial charge in [0.05, 0.1) is 30.8 Å². The first-order valence-corrected chi connectivity index (χ1v) is 11.2. The van der Waals surface area contributed by atoms with Crippen molar-refractivity contribution in [2.45, 2.75) is 12.5 Å². The molecule has 0 spiro atoms. The summed E-state index contributed by atoms with van der Waals surface area (Å²) in [5.74, 6) is -2.16. The Hall–Kier alpha value is -4.51. The van der Waals surface area contributed by atoms with E-state index in [4.69, 9.17) is 23.7 Å².